The van der Waals surface area contributed by atoms with Gasteiger partial charge in [0, 0.05) is 11.8 Å². The molecule has 15 heavy (non-hydrogen) atoms. The molecule has 0 saturated heterocycles. The Morgan fingerprint density at radius 3 is 2.67 bits per heavy atom. The molecule has 3 nitrogen and oxygen atoms in total. The van der Waals surface area contributed by atoms with Gasteiger partial charge in [-0.25, -0.2) is 0 Å². The molecule has 0 spiro atoms. The molecule has 2 aromatic rings. The van der Waals surface area contributed by atoms with E-state index in [0.29, 0.717) is 12.1 Å². The molecular weight excluding hydrogens is 208 g/mol. The van der Waals surface area contributed by atoms with Crippen molar-refractivity contribution in [1.29, 1.82) is 0 Å². The maximum absolute atomic E-state index is 11.7. The van der Waals surface area contributed by atoms with Gasteiger partial charge >= 0.3 is 0 Å². The van der Waals surface area contributed by atoms with Gasteiger partial charge in [-0.15, -0.1) is 5.10 Å². The number of carbonyl (C=O) groups excluding carboxylic acids is 1. The van der Waals surface area contributed by atoms with E-state index in [0.717, 1.165) is 5.56 Å². The first-order chi connectivity index (χ1) is 7.25. The molecule has 1 aromatic heterocycles. The van der Waals surface area contributed by atoms with Gasteiger partial charge in [-0.3, -0.25) is 4.79 Å². The second-order valence-corrected chi connectivity index (χ2v) is 3.99. The summed E-state index contributed by atoms with van der Waals surface area (Å²) in [5.74, 6) is 0.0209. The Labute approximate surface area is 91.9 Å². The highest BCUT2D eigenvalue weighted by Crippen LogP contribution is 2.08. The summed E-state index contributed by atoms with van der Waals surface area (Å²) in [6, 6.07) is 7.93. The Balaban J connectivity index is 2.09. The van der Waals surface area contributed by atoms with Crippen molar-refractivity contribution < 1.29 is 4.79 Å². The zero-order chi connectivity index (χ0) is 10.7. The molecule has 0 radical (unpaired) electrons. The first kappa shape index (κ1) is 9.98. The summed E-state index contributed by atoms with van der Waals surface area (Å²) in [6.45, 7) is 2.02. The van der Waals surface area contributed by atoms with Crippen LogP contribution in [-0.4, -0.2) is 15.4 Å². The van der Waals surface area contributed by atoms with Crippen LogP contribution >= 0.6 is 11.5 Å². The van der Waals surface area contributed by atoms with Gasteiger partial charge in [-0.1, -0.05) is 34.3 Å². The zero-order valence-electron chi connectivity index (χ0n) is 8.30. The molecule has 0 saturated carbocycles. The minimum atomic E-state index is 0.0209. The molecule has 0 atom stereocenters. The summed E-state index contributed by atoms with van der Waals surface area (Å²) in [5.41, 5.74) is 2.67. The molecular formula is C11H10N2OS. The standard InChI is InChI=1S/C11H10N2OS/c1-8-2-4-9(5-3-8)6-11(14)10-7-15-13-12-10/h2-5,7H,6H2,1H3. The van der Waals surface area contributed by atoms with Gasteiger partial charge in [-0.2, -0.15) is 0 Å². The summed E-state index contributed by atoms with van der Waals surface area (Å²) < 4.78 is 3.67. The first-order valence-electron chi connectivity index (χ1n) is 4.61. The number of benzene rings is 1. The van der Waals surface area contributed by atoms with Crippen molar-refractivity contribution >= 4 is 17.3 Å². The normalized spacial score (nSPS) is 10.2. The predicted octanol–water partition coefficient (Wildman–Crippen LogP) is 2.27. The van der Waals surface area contributed by atoms with E-state index in [4.69, 9.17) is 0 Å². The lowest BCUT2D eigenvalue weighted by Crippen LogP contribution is -2.03. The van der Waals surface area contributed by atoms with Gasteiger partial charge in [0.25, 0.3) is 0 Å². The van der Waals surface area contributed by atoms with Gasteiger partial charge in [0.1, 0.15) is 5.69 Å². The molecule has 2 rings (SSSR count). The van der Waals surface area contributed by atoms with E-state index in [1.165, 1.54) is 17.1 Å². The number of carbonyl (C=O) groups is 1. The fraction of sp³-hybridized carbons (Fsp3) is 0.182. The largest absolute Gasteiger partial charge is 0.292 e. The molecule has 0 bridgehead atoms. The van der Waals surface area contributed by atoms with Crippen molar-refractivity contribution in [3.63, 3.8) is 0 Å². The fourth-order valence-electron chi connectivity index (χ4n) is 1.27. The number of hydrogen-bond donors (Lipinski definition) is 0. The van der Waals surface area contributed by atoms with Crippen molar-refractivity contribution in [3.8, 4) is 0 Å². The van der Waals surface area contributed by atoms with Crippen LogP contribution < -0.4 is 0 Å². The van der Waals surface area contributed by atoms with Gasteiger partial charge in [-0.05, 0) is 24.0 Å². The van der Waals surface area contributed by atoms with Crippen LogP contribution in [0.1, 0.15) is 21.6 Å². The average molecular weight is 218 g/mol. The SMILES string of the molecule is Cc1ccc(CC(=O)c2csnn2)cc1. The van der Waals surface area contributed by atoms with Crippen LogP contribution in [0, 0.1) is 6.92 Å². The number of hydrogen-bond acceptors (Lipinski definition) is 4. The van der Waals surface area contributed by atoms with Crippen LogP contribution in [0.25, 0.3) is 0 Å². The van der Waals surface area contributed by atoms with Crippen LogP contribution in [-0.2, 0) is 6.42 Å². The van der Waals surface area contributed by atoms with Crippen LogP contribution in [0.15, 0.2) is 29.6 Å². The van der Waals surface area contributed by atoms with Crippen molar-refractivity contribution in [2.45, 2.75) is 13.3 Å². The smallest absolute Gasteiger partial charge is 0.188 e. The third kappa shape index (κ3) is 2.47. The number of Topliss-reactive ketones (excluding diaryl/α,β-unsaturated/α-hetero) is 1. The van der Waals surface area contributed by atoms with Crippen molar-refractivity contribution in [2.75, 3.05) is 0 Å². The van der Waals surface area contributed by atoms with E-state index in [1.807, 2.05) is 31.2 Å². The lowest BCUT2D eigenvalue weighted by atomic mass is 10.1. The Bertz CT molecular complexity index is 448. The summed E-state index contributed by atoms with van der Waals surface area (Å²) >= 11 is 1.20. The summed E-state index contributed by atoms with van der Waals surface area (Å²) in [7, 11) is 0. The number of aryl methyl sites for hydroxylation is 1. The summed E-state index contributed by atoms with van der Waals surface area (Å²) in [4.78, 5) is 11.7. The zero-order valence-corrected chi connectivity index (χ0v) is 9.12. The molecule has 1 aromatic carbocycles. The van der Waals surface area contributed by atoms with Crippen LogP contribution in [0.5, 0.6) is 0 Å². The quantitative estimate of drug-likeness (QED) is 0.742. The number of aromatic nitrogens is 2. The lowest BCUT2D eigenvalue weighted by Gasteiger charge is -1.98. The topological polar surface area (TPSA) is 42.9 Å². The highest BCUT2D eigenvalue weighted by Gasteiger charge is 2.09. The van der Waals surface area contributed by atoms with Gasteiger partial charge in [0.2, 0.25) is 0 Å². The van der Waals surface area contributed by atoms with E-state index in [1.54, 1.807) is 5.38 Å². The minimum absolute atomic E-state index is 0.0209. The second-order valence-electron chi connectivity index (χ2n) is 3.38. The highest BCUT2D eigenvalue weighted by atomic mass is 32.1. The molecule has 0 fully saturated rings. The summed E-state index contributed by atoms with van der Waals surface area (Å²) in [6.07, 6.45) is 0.395. The third-order valence-electron chi connectivity index (χ3n) is 2.13. The molecule has 0 unspecified atom stereocenters. The summed E-state index contributed by atoms with van der Waals surface area (Å²) in [5, 5.41) is 5.43. The van der Waals surface area contributed by atoms with Crippen LogP contribution in [0.3, 0.4) is 0 Å². The fourth-order valence-corrected chi connectivity index (χ4v) is 1.73. The molecule has 4 heteroatoms. The molecule has 0 aliphatic carbocycles. The van der Waals surface area contributed by atoms with Crippen molar-refractivity contribution in [3.05, 3.63) is 46.5 Å². The molecule has 0 aliphatic heterocycles. The van der Waals surface area contributed by atoms with E-state index in [2.05, 4.69) is 9.59 Å². The van der Waals surface area contributed by atoms with E-state index in [-0.39, 0.29) is 5.78 Å². The third-order valence-corrected chi connectivity index (χ3v) is 2.64. The lowest BCUT2D eigenvalue weighted by molar-refractivity contribution is 0.0988. The van der Waals surface area contributed by atoms with E-state index >= 15 is 0 Å². The van der Waals surface area contributed by atoms with E-state index in [9.17, 15) is 4.79 Å². The maximum Gasteiger partial charge on any atom is 0.188 e. The Morgan fingerprint density at radius 2 is 2.07 bits per heavy atom. The highest BCUT2D eigenvalue weighted by molar-refractivity contribution is 7.03. The van der Waals surface area contributed by atoms with E-state index < -0.39 is 0 Å². The molecule has 0 N–H and O–H groups in total. The molecule has 0 aliphatic rings. The minimum Gasteiger partial charge on any atom is -0.292 e. The molecule has 1 heterocycles. The van der Waals surface area contributed by atoms with Gasteiger partial charge < -0.3 is 0 Å². The molecule has 76 valence electrons. The monoisotopic (exact) mass is 218 g/mol. The van der Waals surface area contributed by atoms with Gasteiger partial charge in [0.05, 0.1) is 0 Å². The first-order valence-corrected chi connectivity index (χ1v) is 5.45. The maximum atomic E-state index is 11.7. The predicted molar refractivity (Wildman–Crippen MR) is 59.1 cm³/mol. The Kier molecular flexibility index (Phi) is 2.87. The van der Waals surface area contributed by atoms with Crippen LogP contribution in [0.2, 0.25) is 0 Å². The number of ketones is 1. The van der Waals surface area contributed by atoms with Crippen molar-refractivity contribution in [1.82, 2.24) is 9.59 Å². The van der Waals surface area contributed by atoms with Crippen LogP contribution in [0.4, 0.5) is 0 Å². The number of nitrogens with zero attached hydrogens (tertiary/aromatic N) is 2. The van der Waals surface area contributed by atoms with Crippen molar-refractivity contribution in [2.24, 2.45) is 0 Å². The van der Waals surface area contributed by atoms with Gasteiger partial charge in [0.15, 0.2) is 5.78 Å². The Hall–Kier alpha value is -1.55. The second kappa shape index (κ2) is 4.31. The molecule has 0 amide bonds. The number of rotatable bonds is 3. The average Bonchev–Trinajstić information content (AvgIpc) is 2.74. The Morgan fingerprint density at radius 1 is 1.33 bits per heavy atom.